The molecule has 0 unspecified atom stereocenters. The fraction of sp³-hybridized carbons (Fsp3) is 0.553. The molecule has 4 heterocycles. The number of carbonyl (C=O) groups excluding carboxylic acids is 3. The maximum absolute atomic E-state index is 14.4. The van der Waals surface area contributed by atoms with Crippen LogP contribution >= 0.6 is 0 Å². The number of benzene rings is 2. The standard InChI is InChI=1S/C38H49N5O4/c1-26-14-15-30(24-27(26)2)40-35(44)32-31-16-17-38(47-31)33(32)37(46)43(34(38)36(45)39-29-12-7-4-8-13-29)19-9-18-41-20-22-42(23-21-41)25-28-10-5-3-6-11-28/h3,5-6,10-11,14-17,24,29,31-34H,4,7-9,12-13,18-23,25H2,1-2H3,(H,39,45)(H,40,44)/t31-,32-,33-,34-,38-/m0/s1. The van der Waals surface area contributed by atoms with E-state index in [2.05, 4.69) is 50.8 Å². The Morgan fingerprint density at radius 1 is 0.894 bits per heavy atom. The molecular formula is C38H49N5O4. The molecule has 7 rings (SSSR count). The summed E-state index contributed by atoms with van der Waals surface area (Å²) < 4.78 is 6.57. The number of amides is 3. The summed E-state index contributed by atoms with van der Waals surface area (Å²) in [5.74, 6) is -1.95. The number of anilines is 1. The van der Waals surface area contributed by atoms with Crippen molar-refractivity contribution in [3.05, 3.63) is 77.4 Å². The molecule has 1 saturated carbocycles. The first-order chi connectivity index (χ1) is 22.8. The van der Waals surface area contributed by atoms with Gasteiger partial charge in [0.1, 0.15) is 11.6 Å². The molecule has 1 spiro atoms. The van der Waals surface area contributed by atoms with Crippen LogP contribution in [0.15, 0.2) is 60.7 Å². The molecule has 2 bridgehead atoms. The van der Waals surface area contributed by atoms with E-state index in [9.17, 15) is 14.4 Å². The molecule has 47 heavy (non-hydrogen) atoms. The van der Waals surface area contributed by atoms with E-state index in [1.807, 2.05) is 44.2 Å². The molecule has 5 atom stereocenters. The van der Waals surface area contributed by atoms with Crippen molar-refractivity contribution in [2.24, 2.45) is 11.8 Å². The Kier molecular flexibility index (Phi) is 9.22. The summed E-state index contributed by atoms with van der Waals surface area (Å²) in [5.41, 5.74) is 3.15. The number of nitrogens with one attached hydrogen (secondary N) is 2. The maximum Gasteiger partial charge on any atom is 0.246 e. The molecule has 4 aliphatic heterocycles. The quantitative estimate of drug-likeness (QED) is 0.381. The second-order valence-corrected chi connectivity index (χ2v) is 14.3. The summed E-state index contributed by atoms with van der Waals surface area (Å²) in [6.07, 6.45) is 9.34. The van der Waals surface area contributed by atoms with Crippen LogP contribution in [0.3, 0.4) is 0 Å². The number of likely N-dealkylation sites (tertiary alicyclic amines) is 1. The number of ether oxygens (including phenoxy) is 1. The normalized spacial score (nSPS) is 29.3. The van der Waals surface area contributed by atoms with E-state index in [1.165, 1.54) is 12.0 Å². The van der Waals surface area contributed by atoms with Gasteiger partial charge in [0.05, 0.1) is 17.9 Å². The third kappa shape index (κ3) is 6.37. The van der Waals surface area contributed by atoms with Crippen LogP contribution in [-0.4, -0.2) is 95.5 Å². The zero-order valence-corrected chi connectivity index (χ0v) is 27.8. The van der Waals surface area contributed by atoms with Crippen LogP contribution in [0, 0.1) is 25.7 Å². The predicted octanol–water partition coefficient (Wildman–Crippen LogP) is 4.05. The Balaban J connectivity index is 1.04. The smallest absolute Gasteiger partial charge is 0.246 e. The minimum absolute atomic E-state index is 0.113. The van der Waals surface area contributed by atoms with Gasteiger partial charge in [0.15, 0.2) is 0 Å². The first-order valence-electron chi connectivity index (χ1n) is 17.7. The molecule has 5 aliphatic rings. The van der Waals surface area contributed by atoms with Gasteiger partial charge in [-0.2, -0.15) is 0 Å². The van der Waals surface area contributed by atoms with Gasteiger partial charge < -0.3 is 25.2 Å². The number of piperazine rings is 1. The lowest BCUT2D eigenvalue weighted by Gasteiger charge is -2.36. The molecule has 3 amide bonds. The van der Waals surface area contributed by atoms with Crippen molar-refractivity contribution in [3.8, 4) is 0 Å². The van der Waals surface area contributed by atoms with Gasteiger partial charge in [-0.05, 0) is 68.5 Å². The predicted molar refractivity (Wildman–Crippen MR) is 182 cm³/mol. The lowest BCUT2D eigenvalue weighted by molar-refractivity contribution is -0.141. The molecule has 9 heteroatoms. The van der Waals surface area contributed by atoms with Crippen molar-refractivity contribution < 1.29 is 19.1 Å². The van der Waals surface area contributed by atoms with Crippen LogP contribution in [-0.2, 0) is 25.7 Å². The summed E-state index contributed by atoms with van der Waals surface area (Å²) in [6.45, 7) is 10.3. The second kappa shape index (κ2) is 13.5. The van der Waals surface area contributed by atoms with Gasteiger partial charge in [-0.15, -0.1) is 0 Å². The van der Waals surface area contributed by atoms with Gasteiger partial charge in [0, 0.05) is 51.0 Å². The van der Waals surface area contributed by atoms with Crippen molar-refractivity contribution in [2.75, 3.05) is 44.6 Å². The average molecular weight is 640 g/mol. The van der Waals surface area contributed by atoms with Crippen LogP contribution in [0.5, 0.6) is 0 Å². The summed E-state index contributed by atoms with van der Waals surface area (Å²) in [7, 11) is 0. The van der Waals surface area contributed by atoms with Crippen molar-refractivity contribution in [1.82, 2.24) is 20.0 Å². The minimum atomic E-state index is -1.13. The average Bonchev–Trinajstić information content (AvgIpc) is 3.72. The maximum atomic E-state index is 14.4. The van der Waals surface area contributed by atoms with E-state index in [1.54, 1.807) is 4.90 Å². The fourth-order valence-electron chi connectivity index (χ4n) is 8.56. The number of nitrogens with zero attached hydrogens (tertiary/aromatic N) is 3. The van der Waals surface area contributed by atoms with Gasteiger partial charge in [-0.25, -0.2) is 0 Å². The lowest BCUT2D eigenvalue weighted by Crippen LogP contribution is -2.56. The van der Waals surface area contributed by atoms with Gasteiger partial charge >= 0.3 is 0 Å². The van der Waals surface area contributed by atoms with E-state index in [0.717, 1.165) is 82.5 Å². The molecule has 3 saturated heterocycles. The van der Waals surface area contributed by atoms with Gasteiger partial charge in [0.25, 0.3) is 0 Å². The Labute approximate surface area is 278 Å². The third-order valence-electron chi connectivity index (χ3n) is 11.2. The molecule has 1 aliphatic carbocycles. The fourth-order valence-corrected chi connectivity index (χ4v) is 8.56. The SMILES string of the molecule is Cc1ccc(NC(=O)[C@H]2[C@@H]3C=C[C@]4(O3)[C@@H]2C(=O)N(CCCN2CCN(Cc3ccccc3)CC2)[C@H]4C(=O)NC2CCCCC2)cc1C. The van der Waals surface area contributed by atoms with E-state index >= 15 is 0 Å². The van der Waals surface area contributed by atoms with Crippen molar-refractivity contribution in [3.63, 3.8) is 0 Å². The highest BCUT2D eigenvalue weighted by Gasteiger charge is 2.72. The highest BCUT2D eigenvalue weighted by molar-refractivity contribution is 6.02. The Morgan fingerprint density at radius 2 is 1.64 bits per heavy atom. The lowest BCUT2D eigenvalue weighted by atomic mass is 9.74. The van der Waals surface area contributed by atoms with Crippen LogP contribution < -0.4 is 10.6 Å². The van der Waals surface area contributed by atoms with E-state index in [-0.39, 0.29) is 23.8 Å². The number of fused-ring (bicyclic) bond motifs is 1. The van der Waals surface area contributed by atoms with Crippen LogP contribution in [0.25, 0.3) is 0 Å². The number of aryl methyl sites for hydroxylation is 2. The van der Waals surface area contributed by atoms with Crippen LogP contribution in [0.2, 0.25) is 0 Å². The van der Waals surface area contributed by atoms with Crippen LogP contribution in [0.4, 0.5) is 5.69 Å². The topological polar surface area (TPSA) is 94.2 Å². The van der Waals surface area contributed by atoms with E-state index in [4.69, 9.17) is 4.74 Å². The molecule has 0 aromatic heterocycles. The monoisotopic (exact) mass is 639 g/mol. The number of hydrogen-bond donors (Lipinski definition) is 2. The molecular weight excluding hydrogens is 590 g/mol. The van der Waals surface area contributed by atoms with Gasteiger partial charge in [0.2, 0.25) is 17.7 Å². The largest absolute Gasteiger partial charge is 0.359 e. The molecule has 250 valence electrons. The highest BCUT2D eigenvalue weighted by Crippen LogP contribution is 2.55. The van der Waals surface area contributed by atoms with E-state index in [0.29, 0.717) is 12.2 Å². The van der Waals surface area contributed by atoms with Crippen molar-refractivity contribution in [2.45, 2.75) is 82.7 Å². The summed E-state index contributed by atoms with van der Waals surface area (Å²) in [5, 5.41) is 6.36. The number of rotatable bonds is 10. The Hall–Kier alpha value is -3.53. The molecule has 4 fully saturated rings. The zero-order chi connectivity index (χ0) is 32.5. The summed E-state index contributed by atoms with van der Waals surface area (Å²) in [4.78, 5) is 49.1. The van der Waals surface area contributed by atoms with Crippen LogP contribution in [0.1, 0.15) is 55.2 Å². The highest BCUT2D eigenvalue weighted by atomic mass is 16.5. The summed E-state index contributed by atoms with van der Waals surface area (Å²) >= 11 is 0. The molecule has 9 nitrogen and oxygen atoms in total. The molecule has 2 aromatic carbocycles. The van der Waals surface area contributed by atoms with E-state index < -0.39 is 29.6 Å². The summed E-state index contributed by atoms with van der Waals surface area (Å²) in [6, 6.07) is 15.8. The van der Waals surface area contributed by atoms with Gasteiger partial charge in [-0.3, -0.25) is 19.3 Å². The van der Waals surface area contributed by atoms with Gasteiger partial charge in [-0.1, -0.05) is 67.8 Å². The molecule has 2 aromatic rings. The van der Waals surface area contributed by atoms with Crippen molar-refractivity contribution >= 4 is 23.4 Å². The Morgan fingerprint density at radius 3 is 2.38 bits per heavy atom. The first kappa shape index (κ1) is 32.0. The first-order valence-corrected chi connectivity index (χ1v) is 17.7. The second-order valence-electron chi connectivity index (χ2n) is 14.3. The Bertz CT molecular complexity index is 1500. The van der Waals surface area contributed by atoms with Crippen molar-refractivity contribution in [1.29, 1.82) is 0 Å². The minimum Gasteiger partial charge on any atom is -0.359 e. The number of carbonyl (C=O) groups is 3. The molecule has 2 N–H and O–H groups in total. The third-order valence-corrected chi connectivity index (χ3v) is 11.2. The number of hydrogen-bond acceptors (Lipinski definition) is 6. The zero-order valence-electron chi connectivity index (χ0n) is 27.8. The molecule has 0 radical (unpaired) electrons.